The summed E-state index contributed by atoms with van der Waals surface area (Å²) in [6.07, 6.45) is 6.32. The molecule has 3 atom stereocenters. The number of allylic oxidation sites excluding steroid dienone is 2. The molecule has 1 aliphatic heterocycles. The van der Waals surface area contributed by atoms with Gasteiger partial charge in [-0.15, -0.1) is 0 Å². The highest BCUT2D eigenvalue weighted by Gasteiger charge is 2.40. The topological polar surface area (TPSA) is 71.8 Å². The highest BCUT2D eigenvalue weighted by atomic mass is 16.5. The van der Waals surface area contributed by atoms with Gasteiger partial charge in [-0.05, 0) is 36.8 Å². The lowest BCUT2D eigenvalue weighted by atomic mass is 9.92. The zero-order valence-corrected chi connectivity index (χ0v) is 15.0. The van der Waals surface area contributed by atoms with E-state index in [0.29, 0.717) is 49.4 Å². The lowest BCUT2D eigenvalue weighted by Gasteiger charge is -2.26. The van der Waals surface area contributed by atoms with Crippen LogP contribution in [0, 0.1) is 17.8 Å². The Labute approximate surface area is 157 Å². The lowest BCUT2D eigenvalue weighted by Crippen LogP contribution is -2.41. The molecule has 2 heterocycles. The number of morpholine rings is 1. The first-order chi connectivity index (χ1) is 13.2. The van der Waals surface area contributed by atoms with E-state index >= 15 is 0 Å². The Bertz CT molecular complexity index is 925. The number of carbonyl (C=O) groups excluding carboxylic acids is 2. The van der Waals surface area contributed by atoms with Gasteiger partial charge in [-0.1, -0.05) is 24.3 Å². The summed E-state index contributed by atoms with van der Waals surface area (Å²) in [6.45, 7) is 2.09. The van der Waals surface area contributed by atoms with Gasteiger partial charge in [-0.25, -0.2) is 0 Å². The summed E-state index contributed by atoms with van der Waals surface area (Å²) in [5, 5.41) is 3.80. The third kappa shape index (κ3) is 2.84. The van der Waals surface area contributed by atoms with Crippen molar-refractivity contribution in [3.8, 4) is 0 Å². The number of carbonyl (C=O) groups is 2. The molecule has 27 heavy (non-hydrogen) atoms. The summed E-state index contributed by atoms with van der Waals surface area (Å²) in [5.74, 6) is 0.796. The van der Waals surface area contributed by atoms with Crippen LogP contribution in [-0.4, -0.2) is 43.0 Å². The van der Waals surface area contributed by atoms with E-state index in [2.05, 4.69) is 17.5 Å². The van der Waals surface area contributed by atoms with Gasteiger partial charge < -0.3 is 19.4 Å². The van der Waals surface area contributed by atoms with E-state index in [9.17, 15) is 9.59 Å². The molecule has 6 heteroatoms. The standard InChI is InChI=1S/C21H22N2O4/c24-20(16-12-13-5-6-14(16)11-13)22-18-15-3-1-2-4-17(15)27-19(18)21(25)23-7-9-26-10-8-23/h1-6,13-14,16H,7-12H2,(H,22,24)/t13-,14-,16-/m0/s1. The number of amides is 2. The minimum absolute atomic E-state index is 0.0190. The van der Waals surface area contributed by atoms with E-state index in [4.69, 9.17) is 9.15 Å². The Hall–Kier alpha value is -2.60. The maximum atomic E-state index is 13.0. The van der Waals surface area contributed by atoms with Crippen molar-refractivity contribution in [2.75, 3.05) is 31.6 Å². The van der Waals surface area contributed by atoms with E-state index < -0.39 is 0 Å². The highest BCUT2D eigenvalue weighted by Crippen LogP contribution is 2.44. The van der Waals surface area contributed by atoms with Gasteiger partial charge in [0.25, 0.3) is 5.91 Å². The maximum absolute atomic E-state index is 13.0. The average Bonchev–Trinajstić information content (AvgIpc) is 3.43. The SMILES string of the molecule is O=C(Nc1c(C(=O)N2CCOCC2)oc2ccccc12)[C@H]1C[C@H]2C=C[C@H]1C2. The van der Waals surface area contributed by atoms with Crippen LogP contribution in [0.3, 0.4) is 0 Å². The molecule has 1 N–H and O–H groups in total. The van der Waals surface area contributed by atoms with Crippen LogP contribution < -0.4 is 5.32 Å². The van der Waals surface area contributed by atoms with Gasteiger partial charge in [0.05, 0.1) is 13.2 Å². The molecule has 5 rings (SSSR count). The number of rotatable bonds is 3. The summed E-state index contributed by atoms with van der Waals surface area (Å²) in [4.78, 5) is 27.7. The first-order valence-electron chi connectivity index (χ1n) is 9.58. The fourth-order valence-corrected chi connectivity index (χ4v) is 4.53. The Kier molecular flexibility index (Phi) is 4.01. The Balaban J connectivity index is 1.47. The minimum atomic E-state index is -0.197. The molecule has 0 spiro atoms. The van der Waals surface area contributed by atoms with Crippen LogP contribution in [0.15, 0.2) is 40.8 Å². The van der Waals surface area contributed by atoms with Crippen LogP contribution in [0.1, 0.15) is 23.4 Å². The largest absolute Gasteiger partial charge is 0.449 e. The number of anilines is 1. The van der Waals surface area contributed by atoms with Crippen LogP contribution in [0.2, 0.25) is 0 Å². The van der Waals surface area contributed by atoms with E-state index in [1.807, 2.05) is 24.3 Å². The number of nitrogens with one attached hydrogen (secondary N) is 1. The molecule has 1 saturated heterocycles. The molecule has 6 nitrogen and oxygen atoms in total. The fourth-order valence-electron chi connectivity index (χ4n) is 4.53. The molecule has 1 aromatic carbocycles. The van der Waals surface area contributed by atoms with E-state index in [1.54, 1.807) is 4.90 Å². The minimum Gasteiger partial charge on any atom is -0.449 e. The van der Waals surface area contributed by atoms with Crippen molar-refractivity contribution in [2.45, 2.75) is 12.8 Å². The number of fused-ring (bicyclic) bond motifs is 3. The van der Waals surface area contributed by atoms with Gasteiger partial charge >= 0.3 is 0 Å². The Morgan fingerprint density at radius 1 is 1.07 bits per heavy atom. The van der Waals surface area contributed by atoms with Crippen LogP contribution in [0.4, 0.5) is 5.69 Å². The smallest absolute Gasteiger partial charge is 0.291 e. The number of hydrogen-bond acceptors (Lipinski definition) is 4. The summed E-state index contributed by atoms with van der Waals surface area (Å²) >= 11 is 0. The van der Waals surface area contributed by atoms with Gasteiger partial charge in [-0.3, -0.25) is 9.59 Å². The van der Waals surface area contributed by atoms with Gasteiger partial charge in [0, 0.05) is 24.4 Å². The lowest BCUT2D eigenvalue weighted by molar-refractivity contribution is -0.120. The third-order valence-corrected chi connectivity index (χ3v) is 5.95. The second-order valence-corrected chi connectivity index (χ2v) is 7.58. The van der Waals surface area contributed by atoms with Crippen molar-refractivity contribution in [3.63, 3.8) is 0 Å². The number of ether oxygens (including phenoxy) is 1. The number of hydrogen-bond donors (Lipinski definition) is 1. The first-order valence-corrected chi connectivity index (χ1v) is 9.58. The molecule has 1 aromatic heterocycles. The maximum Gasteiger partial charge on any atom is 0.291 e. The first kappa shape index (κ1) is 16.6. The molecule has 0 radical (unpaired) electrons. The molecular weight excluding hydrogens is 344 g/mol. The van der Waals surface area contributed by atoms with Crippen LogP contribution >= 0.6 is 0 Å². The summed E-state index contributed by atoms with van der Waals surface area (Å²) in [6, 6.07) is 7.45. The third-order valence-electron chi connectivity index (χ3n) is 5.95. The van der Waals surface area contributed by atoms with Crippen molar-refractivity contribution in [2.24, 2.45) is 17.8 Å². The monoisotopic (exact) mass is 366 g/mol. The number of nitrogens with zero attached hydrogens (tertiary/aromatic N) is 1. The second-order valence-electron chi connectivity index (χ2n) is 7.58. The van der Waals surface area contributed by atoms with Gasteiger partial charge in [0.15, 0.2) is 0 Å². The van der Waals surface area contributed by atoms with E-state index in [-0.39, 0.29) is 23.5 Å². The summed E-state index contributed by atoms with van der Waals surface area (Å²) in [7, 11) is 0. The molecule has 140 valence electrons. The normalized spacial score (nSPS) is 26.7. The van der Waals surface area contributed by atoms with Crippen LogP contribution in [0.25, 0.3) is 11.0 Å². The van der Waals surface area contributed by atoms with Gasteiger partial charge in [0.2, 0.25) is 11.7 Å². The quantitative estimate of drug-likeness (QED) is 0.848. The van der Waals surface area contributed by atoms with E-state index in [1.165, 1.54) is 0 Å². The number of furan rings is 1. The molecule has 2 fully saturated rings. The molecule has 1 saturated carbocycles. The van der Waals surface area contributed by atoms with Crippen molar-refractivity contribution in [3.05, 3.63) is 42.2 Å². The van der Waals surface area contributed by atoms with Gasteiger partial charge in [0.1, 0.15) is 11.3 Å². The Morgan fingerprint density at radius 2 is 1.89 bits per heavy atom. The van der Waals surface area contributed by atoms with Crippen molar-refractivity contribution >= 4 is 28.5 Å². The zero-order chi connectivity index (χ0) is 18.4. The molecule has 0 unspecified atom stereocenters. The zero-order valence-electron chi connectivity index (χ0n) is 15.0. The fraction of sp³-hybridized carbons (Fsp3) is 0.429. The molecule has 3 aliphatic rings. The van der Waals surface area contributed by atoms with Crippen LogP contribution in [0.5, 0.6) is 0 Å². The van der Waals surface area contributed by atoms with Crippen molar-refractivity contribution in [1.29, 1.82) is 0 Å². The summed E-state index contributed by atoms with van der Waals surface area (Å²) < 4.78 is 11.2. The molecule has 2 amide bonds. The molecule has 2 aromatic rings. The Morgan fingerprint density at radius 3 is 2.63 bits per heavy atom. The van der Waals surface area contributed by atoms with Gasteiger partial charge in [-0.2, -0.15) is 0 Å². The van der Waals surface area contributed by atoms with Crippen molar-refractivity contribution in [1.82, 2.24) is 4.90 Å². The second kappa shape index (κ2) is 6.53. The average molecular weight is 366 g/mol. The predicted molar refractivity (Wildman–Crippen MR) is 100 cm³/mol. The number of para-hydroxylation sites is 1. The van der Waals surface area contributed by atoms with Crippen molar-refractivity contribution < 1.29 is 18.7 Å². The predicted octanol–water partition coefficient (Wildman–Crippen LogP) is 3.06. The highest BCUT2D eigenvalue weighted by molar-refractivity contribution is 6.11. The molecule has 2 aliphatic carbocycles. The molecule has 2 bridgehead atoms. The molecular formula is C21H22N2O4. The van der Waals surface area contributed by atoms with E-state index in [0.717, 1.165) is 18.2 Å². The number of benzene rings is 1. The summed E-state index contributed by atoms with van der Waals surface area (Å²) in [5.41, 5.74) is 1.11. The van der Waals surface area contributed by atoms with Crippen LogP contribution in [-0.2, 0) is 9.53 Å².